The van der Waals surface area contributed by atoms with Crippen molar-refractivity contribution >= 4 is 21.6 Å². The Morgan fingerprint density at radius 1 is 1.62 bits per heavy atom. The van der Waals surface area contributed by atoms with Crippen LogP contribution < -0.4 is 5.32 Å². The van der Waals surface area contributed by atoms with E-state index in [-0.39, 0.29) is 10.6 Å². The summed E-state index contributed by atoms with van der Waals surface area (Å²) in [5.74, 6) is 0.894. The maximum absolute atomic E-state index is 10.9. The van der Waals surface area contributed by atoms with E-state index in [1.807, 2.05) is 19.2 Å². The van der Waals surface area contributed by atoms with Crippen LogP contribution in [0.3, 0.4) is 0 Å². The first kappa shape index (κ1) is 11.5. The van der Waals surface area contributed by atoms with Crippen LogP contribution in [-0.2, 0) is 0 Å². The highest BCUT2D eigenvalue weighted by atomic mass is 79.9. The van der Waals surface area contributed by atoms with Gasteiger partial charge in [0.2, 0.25) is 0 Å². The Morgan fingerprint density at radius 2 is 2.38 bits per heavy atom. The molecule has 1 N–H and O–H groups in total. The zero-order chi connectivity index (χ0) is 11.7. The van der Waals surface area contributed by atoms with Crippen LogP contribution in [0.5, 0.6) is 0 Å². The molecule has 2 unspecified atom stereocenters. The predicted molar refractivity (Wildman–Crippen MR) is 65.6 cm³/mol. The second kappa shape index (κ2) is 4.51. The molecule has 5 heteroatoms. The molecule has 1 aromatic rings. The smallest absolute Gasteiger partial charge is 0.274 e. The van der Waals surface area contributed by atoms with Gasteiger partial charge < -0.3 is 5.32 Å². The van der Waals surface area contributed by atoms with E-state index in [2.05, 4.69) is 21.2 Å². The zero-order valence-corrected chi connectivity index (χ0v) is 10.5. The average molecular weight is 285 g/mol. The van der Waals surface area contributed by atoms with Crippen LogP contribution in [0.25, 0.3) is 0 Å². The lowest BCUT2D eigenvalue weighted by Gasteiger charge is -2.03. The molecule has 86 valence electrons. The second-order valence-corrected chi connectivity index (χ2v) is 5.04. The molecule has 4 nitrogen and oxygen atoms in total. The molecule has 1 aromatic carbocycles. The van der Waals surface area contributed by atoms with Crippen LogP contribution in [0, 0.1) is 16.0 Å². The Morgan fingerprint density at radius 3 is 3.00 bits per heavy atom. The molecule has 1 saturated carbocycles. The van der Waals surface area contributed by atoms with Crippen molar-refractivity contribution in [3.8, 4) is 0 Å². The molecule has 0 aromatic heterocycles. The van der Waals surface area contributed by atoms with Gasteiger partial charge in [-0.15, -0.1) is 0 Å². The first-order valence-electron chi connectivity index (χ1n) is 5.22. The van der Waals surface area contributed by atoms with Gasteiger partial charge in [-0.1, -0.05) is 22.0 Å². The number of nitro benzene ring substituents is 1. The Balaban J connectivity index is 2.25. The van der Waals surface area contributed by atoms with E-state index in [9.17, 15) is 10.1 Å². The van der Waals surface area contributed by atoms with Crippen LogP contribution in [0.4, 0.5) is 5.69 Å². The topological polar surface area (TPSA) is 55.2 Å². The zero-order valence-electron chi connectivity index (χ0n) is 8.94. The predicted octanol–water partition coefficient (Wildman–Crippen LogP) is 2.68. The third-order valence-corrected chi connectivity index (χ3v) is 3.47. The van der Waals surface area contributed by atoms with E-state index < -0.39 is 0 Å². The Hall–Kier alpha value is -0.940. The molecule has 0 aliphatic heterocycles. The van der Waals surface area contributed by atoms with Crippen LogP contribution in [0.2, 0.25) is 0 Å². The largest absolute Gasteiger partial charge is 0.319 e. The van der Waals surface area contributed by atoms with Gasteiger partial charge in [-0.3, -0.25) is 10.1 Å². The number of hydrogen-bond acceptors (Lipinski definition) is 3. The molecular weight excluding hydrogens is 272 g/mol. The number of hydrogen-bond donors (Lipinski definition) is 1. The molecule has 0 radical (unpaired) electrons. The molecule has 1 fully saturated rings. The molecule has 0 saturated heterocycles. The Labute approximate surface area is 102 Å². The Kier molecular flexibility index (Phi) is 3.25. The van der Waals surface area contributed by atoms with Gasteiger partial charge in [-0.25, -0.2) is 0 Å². The molecule has 2 atom stereocenters. The SMILES string of the molecule is CNCC1CC1c1ccc(Br)cc1[N+](=O)[O-]. The number of benzene rings is 1. The van der Waals surface area contributed by atoms with Crippen molar-refractivity contribution in [2.75, 3.05) is 13.6 Å². The van der Waals surface area contributed by atoms with Crippen molar-refractivity contribution in [2.45, 2.75) is 12.3 Å². The van der Waals surface area contributed by atoms with E-state index in [1.165, 1.54) is 0 Å². The lowest BCUT2D eigenvalue weighted by atomic mass is 10.1. The summed E-state index contributed by atoms with van der Waals surface area (Å²) in [6.45, 7) is 0.928. The van der Waals surface area contributed by atoms with Gasteiger partial charge in [0, 0.05) is 16.1 Å². The van der Waals surface area contributed by atoms with Crippen LogP contribution in [-0.4, -0.2) is 18.5 Å². The fourth-order valence-electron chi connectivity index (χ4n) is 2.10. The van der Waals surface area contributed by atoms with Crippen molar-refractivity contribution in [2.24, 2.45) is 5.92 Å². The summed E-state index contributed by atoms with van der Waals surface area (Å²) in [6.07, 6.45) is 1.04. The van der Waals surface area contributed by atoms with E-state index in [4.69, 9.17) is 0 Å². The van der Waals surface area contributed by atoms with Gasteiger partial charge in [0.25, 0.3) is 5.69 Å². The highest BCUT2D eigenvalue weighted by Gasteiger charge is 2.41. The van der Waals surface area contributed by atoms with Crippen molar-refractivity contribution in [1.29, 1.82) is 0 Å². The van der Waals surface area contributed by atoms with E-state index in [0.29, 0.717) is 11.8 Å². The van der Waals surface area contributed by atoms with Crippen LogP contribution >= 0.6 is 15.9 Å². The maximum Gasteiger partial charge on any atom is 0.274 e. The number of nitrogens with zero attached hydrogens (tertiary/aromatic N) is 1. The van der Waals surface area contributed by atoms with E-state index in [0.717, 1.165) is 23.0 Å². The fraction of sp³-hybridized carbons (Fsp3) is 0.455. The van der Waals surface area contributed by atoms with Gasteiger partial charge in [-0.05, 0) is 37.9 Å². The van der Waals surface area contributed by atoms with Gasteiger partial charge in [0.1, 0.15) is 0 Å². The molecule has 0 heterocycles. The average Bonchev–Trinajstić information content (AvgIpc) is 2.97. The second-order valence-electron chi connectivity index (χ2n) is 4.12. The molecule has 1 aliphatic rings. The first-order valence-corrected chi connectivity index (χ1v) is 6.01. The summed E-state index contributed by atoms with van der Waals surface area (Å²) in [6, 6.07) is 5.32. The minimum absolute atomic E-state index is 0.234. The van der Waals surface area contributed by atoms with E-state index in [1.54, 1.807) is 6.07 Å². The molecular formula is C11H13BrN2O2. The van der Waals surface area contributed by atoms with Crippen molar-refractivity contribution < 1.29 is 4.92 Å². The van der Waals surface area contributed by atoms with Gasteiger partial charge in [0.15, 0.2) is 0 Å². The van der Waals surface area contributed by atoms with Gasteiger partial charge in [-0.2, -0.15) is 0 Å². The number of halogens is 1. The highest BCUT2D eigenvalue weighted by molar-refractivity contribution is 9.10. The van der Waals surface area contributed by atoms with Crippen molar-refractivity contribution in [3.63, 3.8) is 0 Å². The third kappa shape index (κ3) is 2.25. The van der Waals surface area contributed by atoms with Crippen molar-refractivity contribution in [3.05, 3.63) is 38.3 Å². The lowest BCUT2D eigenvalue weighted by molar-refractivity contribution is -0.385. The molecule has 0 amide bonds. The quantitative estimate of drug-likeness (QED) is 0.683. The molecule has 2 rings (SSSR count). The monoisotopic (exact) mass is 284 g/mol. The molecule has 16 heavy (non-hydrogen) atoms. The number of rotatable bonds is 4. The van der Waals surface area contributed by atoms with Crippen LogP contribution in [0.1, 0.15) is 17.9 Å². The lowest BCUT2D eigenvalue weighted by Crippen LogP contribution is -2.10. The summed E-state index contributed by atoms with van der Waals surface area (Å²) in [4.78, 5) is 10.6. The molecule has 0 spiro atoms. The molecule has 1 aliphatic carbocycles. The summed E-state index contributed by atoms with van der Waals surface area (Å²) in [5, 5.41) is 14.1. The number of nitrogens with one attached hydrogen (secondary N) is 1. The van der Waals surface area contributed by atoms with Gasteiger partial charge in [0.05, 0.1) is 4.92 Å². The number of nitro groups is 1. The summed E-state index contributed by atoms with van der Waals surface area (Å²) >= 11 is 3.26. The van der Waals surface area contributed by atoms with Crippen molar-refractivity contribution in [1.82, 2.24) is 5.32 Å². The van der Waals surface area contributed by atoms with E-state index >= 15 is 0 Å². The molecule has 0 bridgehead atoms. The van der Waals surface area contributed by atoms with Crippen LogP contribution in [0.15, 0.2) is 22.7 Å². The first-order chi connectivity index (χ1) is 7.63. The fourth-order valence-corrected chi connectivity index (χ4v) is 2.45. The van der Waals surface area contributed by atoms with Gasteiger partial charge >= 0.3 is 0 Å². The Bertz CT molecular complexity index is 422. The minimum atomic E-state index is -0.297. The summed E-state index contributed by atoms with van der Waals surface area (Å²) in [7, 11) is 1.91. The standard InChI is InChI=1S/C11H13BrN2O2/c1-13-6-7-4-10(7)9-3-2-8(12)5-11(9)14(15)16/h2-3,5,7,10,13H,4,6H2,1H3. The summed E-state index contributed by atoms with van der Waals surface area (Å²) < 4.78 is 0.758. The third-order valence-electron chi connectivity index (χ3n) is 2.98. The maximum atomic E-state index is 10.9. The minimum Gasteiger partial charge on any atom is -0.319 e. The summed E-state index contributed by atoms with van der Waals surface area (Å²) in [5.41, 5.74) is 1.10. The highest BCUT2D eigenvalue weighted by Crippen LogP contribution is 2.50. The normalized spacial score (nSPS) is 23.1.